The Kier molecular flexibility index (Phi) is 6.87. The Morgan fingerprint density at radius 2 is 1.82 bits per heavy atom. The minimum atomic E-state index is -4.23. The maximum absolute atomic E-state index is 12.9. The van der Waals surface area contributed by atoms with Gasteiger partial charge in [-0.25, -0.2) is 8.78 Å². The van der Waals surface area contributed by atoms with E-state index < -0.39 is 24.2 Å². The number of ether oxygens (including phenoxy) is 1. The number of hydrogen-bond donors (Lipinski definition) is 2. The lowest BCUT2D eigenvalue weighted by Crippen LogP contribution is -2.40. The van der Waals surface area contributed by atoms with Gasteiger partial charge < -0.3 is 15.4 Å². The minimum absolute atomic E-state index is 0.102. The molecular formula is C13H16F5N3O. The molecule has 9 heteroatoms. The monoisotopic (exact) mass is 325 g/mol. The molecule has 0 fully saturated rings. The van der Waals surface area contributed by atoms with Crippen LogP contribution in [0.3, 0.4) is 0 Å². The molecule has 0 saturated heterocycles. The highest BCUT2D eigenvalue weighted by Gasteiger charge is 2.26. The van der Waals surface area contributed by atoms with Crippen molar-refractivity contribution in [2.45, 2.75) is 12.6 Å². The normalized spacial score (nSPS) is 12.2. The Morgan fingerprint density at radius 1 is 1.14 bits per heavy atom. The third kappa shape index (κ3) is 7.09. The van der Waals surface area contributed by atoms with Crippen molar-refractivity contribution in [2.75, 3.05) is 26.7 Å². The SMILES string of the molecule is CN=C(NCCOc1ccc(F)c(F)c1)NCCC(F)(F)F. The lowest BCUT2D eigenvalue weighted by Gasteiger charge is -2.13. The molecule has 4 nitrogen and oxygen atoms in total. The van der Waals surface area contributed by atoms with Crippen molar-refractivity contribution in [3.05, 3.63) is 29.8 Å². The molecule has 2 N–H and O–H groups in total. The Labute approximate surface area is 124 Å². The smallest absolute Gasteiger partial charge is 0.390 e. The van der Waals surface area contributed by atoms with Gasteiger partial charge in [-0.05, 0) is 12.1 Å². The van der Waals surface area contributed by atoms with Crippen molar-refractivity contribution in [1.82, 2.24) is 10.6 Å². The lowest BCUT2D eigenvalue weighted by atomic mass is 10.3. The molecule has 0 heterocycles. The quantitative estimate of drug-likeness (QED) is 0.366. The average molecular weight is 325 g/mol. The van der Waals surface area contributed by atoms with Gasteiger partial charge in [0.15, 0.2) is 17.6 Å². The summed E-state index contributed by atoms with van der Waals surface area (Å²) in [5.41, 5.74) is 0. The van der Waals surface area contributed by atoms with Crippen LogP contribution in [0, 0.1) is 11.6 Å². The number of aliphatic imine (C=N–C) groups is 1. The highest BCUT2D eigenvalue weighted by atomic mass is 19.4. The molecule has 22 heavy (non-hydrogen) atoms. The highest BCUT2D eigenvalue weighted by molar-refractivity contribution is 5.79. The summed E-state index contributed by atoms with van der Waals surface area (Å²) in [7, 11) is 1.42. The Hall–Kier alpha value is -2.06. The number of halogens is 5. The molecule has 0 spiro atoms. The summed E-state index contributed by atoms with van der Waals surface area (Å²) >= 11 is 0. The second kappa shape index (κ2) is 8.40. The molecule has 0 aliphatic heterocycles. The third-order valence-corrected chi connectivity index (χ3v) is 2.48. The zero-order valence-electron chi connectivity index (χ0n) is 11.8. The fourth-order valence-electron chi connectivity index (χ4n) is 1.45. The van der Waals surface area contributed by atoms with Crippen molar-refractivity contribution in [2.24, 2.45) is 4.99 Å². The largest absolute Gasteiger partial charge is 0.492 e. The van der Waals surface area contributed by atoms with Crippen LogP contribution in [0.25, 0.3) is 0 Å². The zero-order valence-corrected chi connectivity index (χ0v) is 11.8. The average Bonchev–Trinajstić information content (AvgIpc) is 2.44. The summed E-state index contributed by atoms with van der Waals surface area (Å²) in [5.74, 6) is -1.64. The molecule has 0 amide bonds. The predicted molar refractivity (Wildman–Crippen MR) is 71.9 cm³/mol. The molecule has 0 atom stereocenters. The van der Waals surface area contributed by atoms with Crippen molar-refractivity contribution in [3.63, 3.8) is 0 Å². The summed E-state index contributed by atoms with van der Waals surface area (Å²) in [5, 5.41) is 5.23. The van der Waals surface area contributed by atoms with E-state index in [1.54, 1.807) is 0 Å². The molecule has 0 aliphatic carbocycles. The zero-order chi connectivity index (χ0) is 16.6. The molecule has 1 aromatic carbocycles. The van der Waals surface area contributed by atoms with Crippen molar-refractivity contribution in [1.29, 1.82) is 0 Å². The first-order valence-electron chi connectivity index (χ1n) is 6.41. The maximum Gasteiger partial charge on any atom is 0.390 e. The van der Waals surface area contributed by atoms with E-state index in [-0.39, 0.29) is 31.4 Å². The molecule has 0 bridgehead atoms. The summed E-state index contributed by atoms with van der Waals surface area (Å²) in [6, 6.07) is 3.12. The van der Waals surface area contributed by atoms with Crippen LogP contribution in [-0.2, 0) is 0 Å². The van der Waals surface area contributed by atoms with Crippen LogP contribution in [-0.4, -0.2) is 38.9 Å². The van der Waals surface area contributed by atoms with Crippen LogP contribution in [0.2, 0.25) is 0 Å². The van der Waals surface area contributed by atoms with Crippen LogP contribution in [0.15, 0.2) is 23.2 Å². The van der Waals surface area contributed by atoms with Crippen LogP contribution >= 0.6 is 0 Å². The van der Waals surface area contributed by atoms with Crippen LogP contribution in [0.1, 0.15) is 6.42 Å². The molecular weight excluding hydrogens is 309 g/mol. The molecule has 124 valence electrons. The van der Waals surface area contributed by atoms with Crippen LogP contribution < -0.4 is 15.4 Å². The Bertz CT molecular complexity index is 505. The second-order valence-corrected chi connectivity index (χ2v) is 4.22. The number of alkyl halides is 3. The first-order chi connectivity index (χ1) is 10.3. The van der Waals surface area contributed by atoms with Gasteiger partial charge in [0.25, 0.3) is 0 Å². The first kappa shape index (κ1) is 18.0. The van der Waals surface area contributed by atoms with Crippen LogP contribution in [0.5, 0.6) is 5.75 Å². The fourth-order valence-corrected chi connectivity index (χ4v) is 1.45. The Balaban J connectivity index is 2.25. The summed E-state index contributed by atoms with van der Waals surface area (Å²) in [6.07, 6.45) is -5.21. The standard InChI is InChI=1S/C13H16F5N3O/c1-19-12(20-5-4-13(16,17)18)21-6-7-22-9-2-3-10(14)11(15)8-9/h2-3,8H,4-7H2,1H3,(H2,19,20,21). The van der Waals surface area contributed by atoms with E-state index in [1.807, 2.05) is 0 Å². The first-order valence-corrected chi connectivity index (χ1v) is 6.41. The number of hydrogen-bond acceptors (Lipinski definition) is 2. The predicted octanol–water partition coefficient (Wildman–Crippen LogP) is 2.46. The molecule has 1 rings (SSSR count). The number of nitrogens with zero attached hydrogens (tertiary/aromatic N) is 1. The summed E-state index contributed by atoms with van der Waals surface area (Å²) < 4.78 is 66.7. The fraction of sp³-hybridized carbons (Fsp3) is 0.462. The molecule has 0 unspecified atom stereocenters. The van der Waals surface area contributed by atoms with E-state index >= 15 is 0 Å². The lowest BCUT2D eigenvalue weighted by molar-refractivity contribution is -0.132. The van der Waals surface area contributed by atoms with Gasteiger partial charge in [0.05, 0.1) is 13.0 Å². The molecule has 0 saturated carbocycles. The van der Waals surface area contributed by atoms with E-state index in [1.165, 1.54) is 13.1 Å². The van der Waals surface area contributed by atoms with Gasteiger partial charge in [0.2, 0.25) is 0 Å². The molecule has 1 aromatic rings. The van der Waals surface area contributed by atoms with Gasteiger partial charge in [-0.2, -0.15) is 13.2 Å². The summed E-state index contributed by atoms with van der Waals surface area (Å²) in [4.78, 5) is 3.74. The van der Waals surface area contributed by atoms with Gasteiger partial charge >= 0.3 is 6.18 Å². The van der Waals surface area contributed by atoms with Crippen molar-refractivity contribution < 1.29 is 26.7 Å². The van der Waals surface area contributed by atoms with Crippen molar-refractivity contribution in [3.8, 4) is 5.75 Å². The number of nitrogens with one attached hydrogen (secondary N) is 2. The van der Waals surface area contributed by atoms with E-state index in [0.29, 0.717) is 0 Å². The van der Waals surface area contributed by atoms with Gasteiger partial charge in [0, 0.05) is 19.7 Å². The van der Waals surface area contributed by atoms with E-state index in [4.69, 9.17) is 4.74 Å². The van der Waals surface area contributed by atoms with E-state index in [0.717, 1.165) is 12.1 Å². The van der Waals surface area contributed by atoms with Gasteiger partial charge in [-0.15, -0.1) is 0 Å². The summed E-state index contributed by atoms with van der Waals surface area (Å²) in [6.45, 7) is 0.0307. The van der Waals surface area contributed by atoms with Crippen molar-refractivity contribution >= 4 is 5.96 Å². The van der Waals surface area contributed by atoms with Gasteiger partial charge in [-0.1, -0.05) is 0 Å². The maximum atomic E-state index is 12.9. The highest BCUT2D eigenvalue weighted by Crippen LogP contribution is 2.18. The number of benzene rings is 1. The topological polar surface area (TPSA) is 45.7 Å². The van der Waals surface area contributed by atoms with E-state index in [2.05, 4.69) is 15.6 Å². The third-order valence-electron chi connectivity index (χ3n) is 2.48. The van der Waals surface area contributed by atoms with E-state index in [9.17, 15) is 22.0 Å². The van der Waals surface area contributed by atoms with Gasteiger partial charge in [-0.3, -0.25) is 4.99 Å². The molecule has 0 radical (unpaired) electrons. The van der Waals surface area contributed by atoms with Crippen LogP contribution in [0.4, 0.5) is 22.0 Å². The number of guanidine groups is 1. The molecule has 0 aromatic heterocycles. The number of rotatable bonds is 6. The minimum Gasteiger partial charge on any atom is -0.492 e. The second-order valence-electron chi connectivity index (χ2n) is 4.22. The van der Waals surface area contributed by atoms with Gasteiger partial charge in [0.1, 0.15) is 12.4 Å². The Morgan fingerprint density at radius 3 is 2.41 bits per heavy atom. The molecule has 0 aliphatic rings.